The molecule has 8 heteroatoms. The Morgan fingerprint density at radius 1 is 1.35 bits per heavy atom. The van der Waals surface area contributed by atoms with Gasteiger partial charge in [0, 0.05) is 12.6 Å². The first-order chi connectivity index (χ1) is 10.5. The van der Waals surface area contributed by atoms with Gasteiger partial charge < -0.3 is 20.4 Å². The molecular formula is C15H20ClN3O3S. The van der Waals surface area contributed by atoms with E-state index in [1.165, 1.54) is 17.6 Å². The van der Waals surface area contributed by atoms with Crippen molar-refractivity contribution in [1.29, 1.82) is 0 Å². The second-order valence-corrected chi connectivity index (χ2v) is 6.01. The summed E-state index contributed by atoms with van der Waals surface area (Å²) in [5.41, 5.74) is 0.828. The summed E-state index contributed by atoms with van der Waals surface area (Å²) in [6.45, 7) is 4.37. The van der Waals surface area contributed by atoms with Crippen LogP contribution in [-0.4, -0.2) is 31.4 Å². The van der Waals surface area contributed by atoms with Crippen LogP contribution in [0.3, 0.4) is 0 Å². The van der Waals surface area contributed by atoms with E-state index in [2.05, 4.69) is 16.0 Å². The summed E-state index contributed by atoms with van der Waals surface area (Å²) in [6.07, 6.45) is 1.44. The summed E-state index contributed by atoms with van der Waals surface area (Å²) in [4.78, 5) is 24.7. The van der Waals surface area contributed by atoms with Gasteiger partial charge >= 0.3 is 0 Å². The second kappa shape index (κ2) is 8.71. The highest BCUT2D eigenvalue weighted by Gasteiger charge is 2.16. The summed E-state index contributed by atoms with van der Waals surface area (Å²) in [7, 11) is 1.84. The van der Waals surface area contributed by atoms with E-state index in [-0.39, 0.29) is 36.0 Å². The van der Waals surface area contributed by atoms with Crippen LogP contribution in [0.2, 0.25) is 0 Å². The minimum absolute atomic E-state index is 0. The second-order valence-electron chi connectivity index (χ2n) is 4.95. The predicted molar refractivity (Wildman–Crippen MR) is 93.8 cm³/mol. The van der Waals surface area contributed by atoms with Crippen molar-refractivity contribution in [3.8, 4) is 0 Å². The molecule has 2 rings (SSSR count). The normalized spacial score (nSPS) is 11.4. The number of hydrogen-bond donors (Lipinski definition) is 3. The average molecular weight is 358 g/mol. The number of carbonyl (C=O) groups is 2. The van der Waals surface area contributed by atoms with Gasteiger partial charge in [-0.1, -0.05) is 0 Å². The van der Waals surface area contributed by atoms with Gasteiger partial charge in [-0.2, -0.15) is 0 Å². The Hall–Kier alpha value is -1.83. The van der Waals surface area contributed by atoms with Crippen LogP contribution in [0.5, 0.6) is 0 Å². The highest BCUT2D eigenvalue weighted by molar-refractivity contribution is 7.18. The van der Waals surface area contributed by atoms with Gasteiger partial charge in [0.2, 0.25) is 0 Å². The van der Waals surface area contributed by atoms with Crippen molar-refractivity contribution in [3.63, 3.8) is 0 Å². The van der Waals surface area contributed by atoms with E-state index >= 15 is 0 Å². The van der Waals surface area contributed by atoms with Crippen LogP contribution in [0.25, 0.3) is 0 Å². The van der Waals surface area contributed by atoms with Crippen LogP contribution < -0.4 is 16.0 Å². The molecular weight excluding hydrogens is 338 g/mol. The molecule has 0 aliphatic rings. The van der Waals surface area contributed by atoms with Crippen molar-refractivity contribution >= 4 is 40.6 Å². The highest BCUT2D eigenvalue weighted by Crippen LogP contribution is 2.27. The number of amides is 2. The average Bonchev–Trinajstić information content (AvgIpc) is 3.14. The lowest BCUT2D eigenvalue weighted by Crippen LogP contribution is -2.37. The fourth-order valence-corrected chi connectivity index (χ4v) is 2.76. The quantitative estimate of drug-likeness (QED) is 0.742. The Morgan fingerprint density at radius 2 is 2.09 bits per heavy atom. The summed E-state index contributed by atoms with van der Waals surface area (Å²) < 4.78 is 5.04. The molecule has 1 unspecified atom stereocenters. The molecule has 126 valence electrons. The number of furan rings is 1. The summed E-state index contributed by atoms with van der Waals surface area (Å²) >= 11 is 1.25. The van der Waals surface area contributed by atoms with Crippen LogP contribution in [0, 0.1) is 6.92 Å². The molecule has 2 amide bonds. The van der Waals surface area contributed by atoms with Crippen molar-refractivity contribution in [2.45, 2.75) is 19.9 Å². The molecule has 2 heterocycles. The summed E-state index contributed by atoms with van der Waals surface area (Å²) in [5.74, 6) is -0.231. The zero-order chi connectivity index (χ0) is 16.1. The van der Waals surface area contributed by atoms with Gasteiger partial charge in [0.25, 0.3) is 11.8 Å². The molecule has 0 spiro atoms. The molecule has 0 saturated carbocycles. The number of carbonyl (C=O) groups excluding carboxylic acids is 2. The molecule has 2 aromatic rings. The Morgan fingerprint density at radius 3 is 2.70 bits per heavy atom. The minimum atomic E-state index is -0.331. The zero-order valence-electron chi connectivity index (χ0n) is 13.1. The third-order valence-corrected chi connectivity index (χ3v) is 4.32. The number of halogens is 1. The first-order valence-electron chi connectivity index (χ1n) is 6.92. The van der Waals surface area contributed by atoms with Crippen molar-refractivity contribution in [2.75, 3.05) is 18.9 Å². The molecule has 0 saturated heterocycles. The Labute approximate surface area is 145 Å². The van der Waals surface area contributed by atoms with E-state index in [4.69, 9.17) is 4.42 Å². The lowest BCUT2D eigenvalue weighted by molar-refractivity contribution is 0.0952. The number of likely N-dealkylation sites (N-methyl/N-ethyl adjacent to an activating group) is 1. The maximum atomic E-state index is 12.2. The molecule has 0 fully saturated rings. The van der Waals surface area contributed by atoms with E-state index in [1.54, 1.807) is 18.2 Å². The topological polar surface area (TPSA) is 83.4 Å². The van der Waals surface area contributed by atoms with Crippen molar-refractivity contribution in [3.05, 3.63) is 40.7 Å². The van der Waals surface area contributed by atoms with Crippen LogP contribution in [-0.2, 0) is 0 Å². The molecule has 0 bridgehead atoms. The van der Waals surface area contributed by atoms with E-state index in [9.17, 15) is 9.59 Å². The minimum Gasteiger partial charge on any atom is -0.459 e. The number of aryl methyl sites for hydroxylation is 1. The number of thiophene rings is 1. The van der Waals surface area contributed by atoms with Crippen molar-refractivity contribution in [1.82, 2.24) is 10.6 Å². The molecule has 6 nitrogen and oxygen atoms in total. The molecule has 2 aromatic heterocycles. The van der Waals surface area contributed by atoms with Crippen LogP contribution in [0.15, 0.2) is 28.9 Å². The first kappa shape index (κ1) is 19.2. The fraction of sp³-hybridized carbons (Fsp3) is 0.333. The maximum absolute atomic E-state index is 12.2. The first-order valence-corrected chi connectivity index (χ1v) is 7.73. The molecule has 1 atom stereocenters. The van der Waals surface area contributed by atoms with E-state index in [0.717, 1.165) is 5.56 Å². The van der Waals surface area contributed by atoms with Crippen LogP contribution >= 0.6 is 23.7 Å². The lowest BCUT2D eigenvalue weighted by Gasteiger charge is -2.10. The molecule has 0 aromatic carbocycles. The molecule has 3 N–H and O–H groups in total. The monoisotopic (exact) mass is 357 g/mol. The van der Waals surface area contributed by atoms with Gasteiger partial charge in [-0.15, -0.1) is 23.7 Å². The molecule has 0 aliphatic heterocycles. The summed E-state index contributed by atoms with van der Waals surface area (Å²) in [5, 5.41) is 9.26. The Kier molecular flexibility index (Phi) is 7.28. The van der Waals surface area contributed by atoms with E-state index in [0.29, 0.717) is 16.4 Å². The van der Waals surface area contributed by atoms with E-state index < -0.39 is 0 Å². The van der Waals surface area contributed by atoms with Gasteiger partial charge in [0.1, 0.15) is 0 Å². The summed E-state index contributed by atoms with van der Waals surface area (Å²) in [6, 6.07) is 5.21. The number of nitrogens with one attached hydrogen (secondary N) is 3. The lowest BCUT2D eigenvalue weighted by atomic mass is 10.2. The van der Waals surface area contributed by atoms with E-state index in [1.807, 2.05) is 20.9 Å². The number of rotatable bonds is 6. The maximum Gasteiger partial charge on any atom is 0.291 e. The van der Waals surface area contributed by atoms with Gasteiger partial charge in [0.05, 0.1) is 16.1 Å². The van der Waals surface area contributed by atoms with Gasteiger partial charge in [-0.25, -0.2) is 0 Å². The van der Waals surface area contributed by atoms with Crippen LogP contribution in [0.4, 0.5) is 5.00 Å². The predicted octanol–water partition coefficient (Wildman–Crippen LogP) is 2.66. The largest absolute Gasteiger partial charge is 0.459 e. The molecule has 0 radical (unpaired) electrons. The Bertz CT molecular complexity index is 655. The standard InChI is InChI=1S/C15H19N3O3S.ClH/c1-9-7-12(18-14(19)11-5-4-6-21-11)22-13(9)15(20)17-8-10(2)16-3;/h4-7,10,16H,8H2,1-3H3,(H,17,20)(H,18,19);1H. The van der Waals surface area contributed by atoms with Crippen molar-refractivity contribution in [2.24, 2.45) is 0 Å². The highest BCUT2D eigenvalue weighted by atomic mass is 35.5. The van der Waals surface area contributed by atoms with Gasteiger partial charge in [-0.3, -0.25) is 9.59 Å². The number of anilines is 1. The third kappa shape index (κ3) is 5.09. The number of hydrogen-bond acceptors (Lipinski definition) is 5. The van der Waals surface area contributed by atoms with Gasteiger partial charge in [-0.05, 0) is 44.7 Å². The molecule has 0 aliphatic carbocycles. The van der Waals surface area contributed by atoms with Gasteiger partial charge in [0.15, 0.2) is 5.76 Å². The zero-order valence-corrected chi connectivity index (χ0v) is 14.8. The van der Waals surface area contributed by atoms with Crippen LogP contribution in [0.1, 0.15) is 32.7 Å². The van der Waals surface area contributed by atoms with Crippen molar-refractivity contribution < 1.29 is 14.0 Å². The smallest absolute Gasteiger partial charge is 0.291 e. The Balaban J connectivity index is 0.00000264. The fourth-order valence-electron chi connectivity index (χ4n) is 1.78. The third-order valence-electron chi connectivity index (χ3n) is 3.17. The molecule has 23 heavy (non-hydrogen) atoms. The SMILES string of the molecule is CNC(C)CNC(=O)c1sc(NC(=O)c2ccco2)cc1C.Cl.